The van der Waals surface area contributed by atoms with Gasteiger partial charge in [0.15, 0.2) is 0 Å². The number of rotatable bonds is 4. The quantitative estimate of drug-likeness (QED) is 0.247. The fraction of sp³-hybridized carbons (Fsp3) is 0.200. The summed E-state index contributed by atoms with van der Waals surface area (Å²) in [6.07, 6.45) is 2.03. The molecule has 0 aliphatic heterocycles. The number of ether oxygens (including phenoxy) is 1. The second kappa shape index (κ2) is 17.5. The highest BCUT2D eigenvalue weighted by atomic mass is 16.7. The van der Waals surface area contributed by atoms with Gasteiger partial charge in [0, 0.05) is 17.3 Å². The van der Waals surface area contributed by atoms with Crippen molar-refractivity contribution in [1.29, 1.82) is 0 Å². The molecule has 1 amide bonds. The predicted octanol–water partition coefficient (Wildman–Crippen LogP) is 0.325. The van der Waals surface area contributed by atoms with E-state index < -0.39 is 18.0 Å². The average Bonchev–Trinajstić information content (AvgIpc) is 2.37. The molecule has 3 N–H and O–H groups in total. The minimum Gasteiger partial charge on any atom is -0.478 e. The second-order valence-corrected chi connectivity index (χ2v) is 2.09. The number of amides is 1. The van der Waals surface area contributed by atoms with Crippen LogP contribution in [0.3, 0.4) is 0 Å². The summed E-state index contributed by atoms with van der Waals surface area (Å²) < 4.78 is 4.18. The van der Waals surface area contributed by atoms with E-state index in [9.17, 15) is 19.2 Å². The van der Waals surface area contributed by atoms with Gasteiger partial charge in [0.05, 0.1) is 6.61 Å². The average molecular weight is 274 g/mol. The number of nitrogens with zero attached hydrogens (tertiary/aromatic N) is 1. The maximum atomic E-state index is 9.96. The molecule has 9 nitrogen and oxygen atoms in total. The maximum absolute atomic E-state index is 9.96. The summed E-state index contributed by atoms with van der Waals surface area (Å²) in [6, 6.07) is 0. The Kier molecular flexibility index (Phi) is 19.6. The third-order valence-corrected chi connectivity index (χ3v) is 0.801. The fourth-order valence-electron chi connectivity index (χ4n) is 0.243. The van der Waals surface area contributed by atoms with Crippen LogP contribution in [0.4, 0.5) is 4.79 Å². The highest BCUT2D eigenvalue weighted by Gasteiger charge is 1.88. The van der Waals surface area contributed by atoms with Gasteiger partial charge >= 0.3 is 18.0 Å². The summed E-state index contributed by atoms with van der Waals surface area (Å²) in [5, 5.41) is 10.1. The first-order valence-corrected chi connectivity index (χ1v) is 4.53. The van der Waals surface area contributed by atoms with Gasteiger partial charge in [-0.25, -0.2) is 19.2 Å². The number of carbonyl (C=O) groups excluding carboxylic acids is 3. The third-order valence-electron chi connectivity index (χ3n) is 0.801. The van der Waals surface area contributed by atoms with Crippen molar-refractivity contribution in [2.45, 2.75) is 6.92 Å². The van der Waals surface area contributed by atoms with Gasteiger partial charge in [0.1, 0.15) is 0 Å². The molecule has 0 aromatic heterocycles. The van der Waals surface area contributed by atoms with Crippen LogP contribution in [0.15, 0.2) is 30.5 Å². The second-order valence-electron chi connectivity index (χ2n) is 2.09. The molecule has 0 fully saturated rings. The zero-order valence-electron chi connectivity index (χ0n) is 10.2. The number of aliphatic carboxylic acids is 1. The van der Waals surface area contributed by atoms with E-state index in [0.717, 1.165) is 18.2 Å². The molecule has 0 bridgehead atoms. The number of primary amides is 1. The molecule has 0 aromatic carbocycles. The Morgan fingerprint density at radius 2 is 1.84 bits per heavy atom. The van der Waals surface area contributed by atoms with E-state index in [4.69, 9.17) is 5.11 Å². The van der Waals surface area contributed by atoms with Gasteiger partial charge in [-0.3, -0.25) is 0 Å². The standard InChI is InChI=1S/C4H3NO3.C3H7NO2.C3H4O2/c1-2-4(7)8-5-3-6;1-2-6-3(4)5;1-2-3(4)5/h2H,1H2;2H2,1H3,(H2,4,5);2H,1H2,(H,4,5). The van der Waals surface area contributed by atoms with Crippen molar-refractivity contribution in [3.8, 4) is 0 Å². The summed E-state index contributed by atoms with van der Waals surface area (Å²) in [5.74, 6) is -1.75. The summed E-state index contributed by atoms with van der Waals surface area (Å²) in [6.45, 7) is 8.07. The summed E-state index contributed by atoms with van der Waals surface area (Å²) in [5.41, 5.74) is 4.54. The highest BCUT2D eigenvalue weighted by Crippen LogP contribution is 1.75. The number of carboxylic acid groups (broad SMARTS) is 1. The Balaban J connectivity index is -0.000000209. The number of carboxylic acids is 1. The number of hydrogen-bond donors (Lipinski definition) is 2. The fourth-order valence-corrected chi connectivity index (χ4v) is 0.243. The number of isocyanates is 1. The molecule has 19 heavy (non-hydrogen) atoms. The molecule has 9 heteroatoms. The van der Waals surface area contributed by atoms with Crippen LogP contribution >= 0.6 is 0 Å². The monoisotopic (exact) mass is 274 g/mol. The summed E-state index contributed by atoms with van der Waals surface area (Å²) in [4.78, 5) is 41.8. The first kappa shape index (κ1) is 21.4. The molecule has 0 atom stereocenters. The van der Waals surface area contributed by atoms with Gasteiger partial charge in [-0.1, -0.05) is 13.2 Å². The van der Waals surface area contributed by atoms with E-state index in [2.05, 4.69) is 33.6 Å². The van der Waals surface area contributed by atoms with E-state index >= 15 is 0 Å². The lowest BCUT2D eigenvalue weighted by molar-refractivity contribution is -0.137. The van der Waals surface area contributed by atoms with Crippen molar-refractivity contribution in [3.05, 3.63) is 25.3 Å². The van der Waals surface area contributed by atoms with E-state index in [1.54, 1.807) is 6.92 Å². The van der Waals surface area contributed by atoms with E-state index in [-0.39, 0.29) is 0 Å². The van der Waals surface area contributed by atoms with Crippen LogP contribution in [-0.4, -0.2) is 35.8 Å². The molecular formula is C10H14N2O7. The van der Waals surface area contributed by atoms with Crippen molar-refractivity contribution < 1.29 is 33.9 Å². The number of nitrogens with two attached hydrogens (primary N) is 1. The normalized spacial score (nSPS) is 6.79. The molecule has 0 aromatic rings. The van der Waals surface area contributed by atoms with Crippen LogP contribution in [0.5, 0.6) is 0 Å². The van der Waals surface area contributed by atoms with Gasteiger partial charge in [-0.15, -0.1) is 0 Å². The molecule has 0 saturated carbocycles. The van der Waals surface area contributed by atoms with Crippen LogP contribution in [0.1, 0.15) is 6.92 Å². The molecule has 106 valence electrons. The van der Waals surface area contributed by atoms with Crippen molar-refractivity contribution in [3.63, 3.8) is 0 Å². The zero-order valence-corrected chi connectivity index (χ0v) is 10.2. The van der Waals surface area contributed by atoms with E-state index in [1.807, 2.05) is 0 Å². The van der Waals surface area contributed by atoms with Crippen LogP contribution in [0.25, 0.3) is 0 Å². The molecule has 0 saturated heterocycles. The zero-order chi connectivity index (χ0) is 15.7. The Labute approximate surface area is 109 Å². The SMILES string of the molecule is C=CC(=O)O.C=CC(=O)ON=C=O.CCOC(N)=O. The largest absolute Gasteiger partial charge is 0.478 e. The van der Waals surface area contributed by atoms with E-state index in [0.29, 0.717) is 6.61 Å². The van der Waals surface area contributed by atoms with Gasteiger partial charge in [-0.05, 0) is 6.92 Å². The van der Waals surface area contributed by atoms with Crippen LogP contribution in [0.2, 0.25) is 0 Å². The molecule has 0 unspecified atom stereocenters. The topological polar surface area (TPSA) is 145 Å². The smallest absolute Gasteiger partial charge is 0.404 e. The van der Waals surface area contributed by atoms with Crippen LogP contribution < -0.4 is 5.73 Å². The molecule has 0 radical (unpaired) electrons. The molecule has 0 spiro atoms. The molecular weight excluding hydrogens is 260 g/mol. The maximum Gasteiger partial charge on any atom is 0.404 e. The minimum absolute atomic E-state index is 0.356. The predicted molar refractivity (Wildman–Crippen MR) is 63.5 cm³/mol. The minimum atomic E-state index is -0.981. The van der Waals surface area contributed by atoms with Gasteiger partial charge in [0.2, 0.25) is 0 Å². The Hall–Kier alpha value is -2.93. The lowest BCUT2D eigenvalue weighted by atomic mass is 10.7. The van der Waals surface area contributed by atoms with Crippen molar-refractivity contribution in [2.24, 2.45) is 10.9 Å². The lowest BCUT2D eigenvalue weighted by Crippen LogP contribution is -2.11. The van der Waals surface area contributed by atoms with E-state index in [1.165, 1.54) is 0 Å². The van der Waals surface area contributed by atoms with Gasteiger partial charge in [0.25, 0.3) is 6.08 Å². The highest BCUT2D eigenvalue weighted by molar-refractivity contribution is 5.81. The van der Waals surface area contributed by atoms with Crippen molar-refractivity contribution >= 4 is 24.1 Å². The summed E-state index contributed by atoms with van der Waals surface area (Å²) in [7, 11) is 0. The van der Waals surface area contributed by atoms with Crippen LogP contribution in [0, 0.1) is 0 Å². The third kappa shape index (κ3) is 39.5. The van der Waals surface area contributed by atoms with Crippen molar-refractivity contribution in [2.75, 3.05) is 6.61 Å². The van der Waals surface area contributed by atoms with Crippen LogP contribution in [-0.2, 0) is 24.0 Å². The number of carbonyl (C=O) groups is 3. The first-order valence-electron chi connectivity index (χ1n) is 4.53. The number of hydrogen-bond acceptors (Lipinski definition) is 7. The van der Waals surface area contributed by atoms with Crippen molar-refractivity contribution in [1.82, 2.24) is 0 Å². The Morgan fingerprint density at radius 3 is 2.00 bits per heavy atom. The Bertz CT molecular complexity index is 359. The molecule has 0 aliphatic carbocycles. The van der Waals surface area contributed by atoms with Gasteiger partial charge < -0.3 is 20.4 Å². The summed E-state index contributed by atoms with van der Waals surface area (Å²) >= 11 is 0. The molecule has 0 heterocycles. The Morgan fingerprint density at radius 1 is 1.37 bits per heavy atom. The van der Waals surface area contributed by atoms with Gasteiger partial charge in [-0.2, -0.15) is 0 Å². The lowest BCUT2D eigenvalue weighted by Gasteiger charge is -1.89. The molecule has 0 aliphatic rings. The first-order chi connectivity index (χ1) is 8.85. The molecule has 0 rings (SSSR count).